The fourth-order valence-electron chi connectivity index (χ4n) is 5.93. The second kappa shape index (κ2) is 9.32. The van der Waals surface area contributed by atoms with Crippen molar-refractivity contribution in [3.05, 3.63) is 35.9 Å². The fourth-order valence-corrected chi connectivity index (χ4v) is 5.93. The van der Waals surface area contributed by atoms with Crippen LogP contribution in [0, 0.1) is 16.7 Å². The highest BCUT2D eigenvalue weighted by molar-refractivity contribution is 5.94. The average molecular weight is 470 g/mol. The van der Waals surface area contributed by atoms with Gasteiger partial charge in [0, 0.05) is 38.8 Å². The maximum atomic E-state index is 12.8. The van der Waals surface area contributed by atoms with E-state index in [0.717, 1.165) is 57.4 Å². The van der Waals surface area contributed by atoms with Gasteiger partial charge in [0.15, 0.2) is 0 Å². The normalized spacial score (nSPS) is 26.3. The maximum absolute atomic E-state index is 12.8. The lowest BCUT2D eigenvalue weighted by Crippen LogP contribution is -2.49. The highest BCUT2D eigenvalue weighted by Gasteiger charge is 2.63. The fraction of sp³-hybridized carbons (Fsp3) is 0.609. The molecule has 10 heteroatoms. The van der Waals surface area contributed by atoms with Crippen molar-refractivity contribution in [2.75, 3.05) is 40.3 Å². The third kappa shape index (κ3) is 4.85. The summed E-state index contributed by atoms with van der Waals surface area (Å²) in [7, 11) is 3.89. The summed E-state index contributed by atoms with van der Waals surface area (Å²) in [6.07, 6.45) is -0.952. The number of carbonyl (C=O) groups is 3. The van der Waals surface area contributed by atoms with E-state index in [0.29, 0.717) is 5.92 Å². The quantitative estimate of drug-likeness (QED) is 0.695. The number of halogens is 3. The Morgan fingerprint density at radius 3 is 2.15 bits per heavy atom. The highest BCUT2D eigenvalue weighted by atomic mass is 19.4. The molecule has 33 heavy (non-hydrogen) atoms. The number of hydrogen-bond acceptors (Lipinski definition) is 4. The standard InChI is InChI=1S/C21H29N3O2.C2HF3O2/c1-22-19(26)21-9-8-20(17(21)14-23(2)15-21)10-12-24(13-11-20)18(25)16-6-4-3-5-7-16;3-2(4,5)1(6)7/h3-7,17H,8-15H2,1-2H3,(H,22,26);(H,6,7)/t17-,21+;/m0./s1. The van der Waals surface area contributed by atoms with Crippen molar-refractivity contribution in [1.29, 1.82) is 0 Å². The van der Waals surface area contributed by atoms with Gasteiger partial charge in [0.1, 0.15) is 0 Å². The molecule has 2 saturated heterocycles. The second-order valence-corrected chi connectivity index (χ2v) is 9.31. The van der Waals surface area contributed by atoms with Crippen LogP contribution >= 0.6 is 0 Å². The number of hydrogen-bond donors (Lipinski definition) is 2. The van der Waals surface area contributed by atoms with Gasteiger partial charge >= 0.3 is 12.1 Å². The van der Waals surface area contributed by atoms with E-state index in [1.54, 1.807) is 7.05 Å². The Morgan fingerprint density at radius 1 is 1.06 bits per heavy atom. The number of aliphatic carboxylic acids is 1. The van der Waals surface area contributed by atoms with Gasteiger partial charge in [-0.25, -0.2) is 4.79 Å². The van der Waals surface area contributed by atoms with Crippen LogP contribution in [0.2, 0.25) is 0 Å². The third-order valence-corrected chi connectivity index (χ3v) is 7.51. The van der Waals surface area contributed by atoms with Gasteiger partial charge in [0.2, 0.25) is 5.91 Å². The minimum Gasteiger partial charge on any atom is -0.475 e. The Balaban J connectivity index is 0.000000383. The summed E-state index contributed by atoms with van der Waals surface area (Å²) in [5.41, 5.74) is 0.759. The maximum Gasteiger partial charge on any atom is 0.490 e. The average Bonchev–Trinajstić information content (AvgIpc) is 3.28. The summed E-state index contributed by atoms with van der Waals surface area (Å²) in [4.78, 5) is 38.7. The lowest BCUT2D eigenvalue weighted by atomic mass is 9.65. The van der Waals surface area contributed by atoms with Crippen molar-refractivity contribution in [2.24, 2.45) is 16.7 Å². The molecule has 7 nitrogen and oxygen atoms in total. The molecular weight excluding hydrogens is 439 g/mol. The van der Waals surface area contributed by atoms with Crippen LogP contribution in [-0.2, 0) is 9.59 Å². The Morgan fingerprint density at radius 2 is 1.64 bits per heavy atom. The number of carboxylic acids is 1. The molecule has 1 aromatic rings. The summed E-state index contributed by atoms with van der Waals surface area (Å²) in [6, 6.07) is 9.56. The summed E-state index contributed by atoms with van der Waals surface area (Å²) >= 11 is 0. The van der Waals surface area contributed by atoms with Gasteiger partial charge in [-0.2, -0.15) is 13.2 Å². The molecule has 3 fully saturated rings. The molecular formula is C23H30F3N3O4. The minimum atomic E-state index is -5.08. The predicted molar refractivity (Wildman–Crippen MR) is 114 cm³/mol. The molecule has 2 heterocycles. The molecule has 0 radical (unpaired) electrons. The number of fused-ring (bicyclic) bond motifs is 2. The molecule has 2 aliphatic heterocycles. The Hall–Kier alpha value is -2.62. The van der Waals surface area contributed by atoms with Crippen LogP contribution in [-0.4, -0.2) is 79.1 Å². The Kier molecular flexibility index (Phi) is 7.07. The molecule has 2 N–H and O–H groups in total. The first kappa shape index (κ1) is 25.0. The first-order chi connectivity index (χ1) is 15.4. The van der Waals surface area contributed by atoms with Gasteiger partial charge in [0.05, 0.1) is 5.41 Å². The van der Waals surface area contributed by atoms with Crippen molar-refractivity contribution in [3.8, 4) is 0 Å². The minimum absolute atomic E-state index is 0.138. The van der Waals surface area contributed by atoms with Gasteiger partial charge in [0.25, 0.3) is 5.91 Å². The van der Waals surface area contributed by atoms with Crippen LogP contribution < -0.4 is 5.32 Å². The number of piperidine rings is 1. The number of nitrogens with one attached hydrogen (secondary N) is 1. The number of alkyl halides is 3. The largest absolute Gasteiger partial charge is 0.490 e. The van der Waals surface area contributed by atoms with Crippen LogP contribution in [0.1, 0.15) is 36.0 Å². The molecule has 1 spiro atoms. The van der Waals surface area contributed by atoms with Crippen molar-refractivity contribution >= 4 is 17.8 Å². The first-order valence-electron chi connectivity index (χ1n) is 11.0. The Bertz CT molecular complexity index is 885. The number of benzene rings is 1. The van der Waals surface area contributed by atoms with Crippen LogP contribution in [0.3, 0.4) is 0 Å². The van der Waals surface area contributed by atoms with E-state index in [4.69, 9.17) is 9.90 Å². The Labute approximate surface area is 190 Å². The van der Waals surface area contributed by atoms with Crippen molar-refractivity contribution in [2.45, 2.75) is 31.9 Å². The molecule has 0 aromatic heterocycles. The molecule has 0 bridgehead atoms. The topological polar surface area (TPSA) is 90.0 Å². The zero-order valence-electron chi connectivity index (χ0n) is 18.8. The summed E-state index contributed by atoms with van der Waals surface area (Å²) < 4.78 is 31.7. The van der Waals surface area contributed by atoms with Crippen LogP contribution in [0.25, 0.3) is 0 Å². The molecule has 2 atom stereocenters. The third-order valence-electron chi connectivity index (χ3n) is 7.51. The van der Waals surface area contributed by atoms with E-state index in [2.05, 4.69) is 17.3 Å². The van der Waals surface area contributed by atoms with E-state index >= 15 is 0 Å². The zero-order chi connectivity index (χ0) is 24.4. The molecule has 1 saturated carbocycles. The number of nitrogens with zero attached hydrogens (tertiary/aromatic N) is 2. The van der Waals surface area contributed by atoms with Crippen molar-refractivity contribution in [3.63, 3.8) is 0 Å². The SMILES string of the molecule is CNC(=O)[C@@]12CCC3(CCN(C(=O)c4ccccc4)CC3)[C@@H]1CN(C)C2.O=C(O)C(F)(F)F. The second-order valence-electron chi connectivity index (χ2n) is 9.31. The monoisotopic (exact) mass is 469 g/mol. The van der Waals surface area contributed by atoms with Crippen LogP contribution in [0.5, 0.6) is 0 Å². The first-order valence-corrected chi connectivity index (χ1v) is 11.0. The van der Waals surface area contributed by atoms with Crippen molar-refractivity contribution in [1.82, 2.24) is 15.1 Å². The number of carbonyl (C=O) groups excluding carboxylic acids is 2. The molecule has 1 aromatic carbocycles. The van der Waals surface area contributed by atoms with Gasteiger partial charge < -0.3 is 20.2 Å². The smallest absolute Gasteiger partial charge is 0.475 e. The van der Waals surface area contributed by atoms with E-state index in [1.807, 2.05) is 35.2 Å². The van der Waals surface area contributed by atoms with Crippen LogP contribution in [0.4, 0.5) is 13.2 Å². The van der Waals surface area contributed by atoms with Gasteiger partial charge in [-0.15, -0.1) is 0 Å². The lowest BCUT2D eigenvalue weighted by molar-refractivity contribution is -0.192. The lowest BCUT2D eigenvalue weighted by Gasteiger charge is -2.44. The summed E-state index contributed by atoms with van der Waals surface area (Å²) in [5, 5.41) is 10.1. The number of amides is 2. The molecule has 3 aliphatic rings. The van der Waals surface area contributed by atoms with E-state index in [9.17, 15) is 22.8 Å². The van der Waals surface area contributed by atoms with E-state index in [-0.39, 0.29) is 22.6 Å². The van der Waals surface area contributed by atoms with Gasteiger partial charge in [-0.3, -0.25) is 9.59 Å². The number of carboxylic acid groups (broad SMARTS) is 1. The number of likely N-dealkylation sites (tertiary alicyclic amines) is 2. The predicted octanol–water partition coefficient (Wildman–Crippen LogP) is 2.63. The molecule has 4 rings (SSSR count). The molecule has 0 unspecified atom stereocenters. The van der Waals surface area contributed by atoms with Crippen LogP contribution in [0.15, 0.2) is 30.3 Å². The van der Waals surface area contributed by atoms with Gasteiger partial charge in [-0.05, 0) is 56.2 Å². The zero-order valence-corrected chi connectivity index (χ0v) is 18.8. The summed E-state index contributed by atoms with van der Waals surface area (Å²) in [5.74, 6) is -1.99. The number of rotatable bonds is 2. The van der Waals surface area contributed by atoms with Gasteiger partial charge in [-0.1, -0.05) is 18.2 Å². The van der Waals surface area contributed by atoms with E-state index < -0.39 is 12.1 Å². The molecule has 2 amide bonds. The summed E-state index contributed by atoms with van der Waals surface area (Å²) in [6.45, 7) is 3.47. The molecule has 182 valence electrons. The molecule has 1 aliphatic carbocycles. The van der Waals surface area contributed by atoms with Crippen molar-refractivity contribution < 1.29 is 32.7 Å². The highest BCUT2D eigenvalue weighted by Crippen LogP contribution is 2.61. The van der Waals surface area contributed by atoms with E-state index in [1.165, 1.54) is 0 Å².